The summed E-state index contributed by atoms with van der Waals surface area (Å²) in [7, 11) is 0. The summed E-state index contributed by atoms with van der Waals surface area (Å²) < 4.78 is 0. The van der Waals surface area contributed by atoms with Gasteiger partial charge >= 0.3 is 0 Å². The maximum atomic E-state index is 5.65. The van der Waals surface area contributed by atoms with Gasteiger partial charge in [-0.15, -0.1) is 0 Å². The van der Waals surface area contributed by atoms with Crippen LogP contribution in [0.25, 0.3) is 0 Å². The van der Waals surface area contributed by atoms with Crippen LogP contribution >= 0.6 is 0 Å². The molecule has 2 heteroatoms. The summed E-state index contributed by atoms with van der Waals surface area (Å²) in [6.45, 7) is 8.65. The first-order valence-electron chi connectivity index (χ1n) is 4.78. The molecule has 0 aliphatic carbocycles. The lowest BCUT2D eigenvalue weighted by Gasteiger charge is -2.14. The lowest BCUT2D eigenvalue weighted by molar-refractivity contribution is 0.759. The van der Waals surface area contributed by atoms with Gasteiger partial charge in [0.1, 0.15) is 5.82 Å². The van der Waals surface area contributed by atoms with E-state index in [-0.39, 0.29) is 0 Å². The van der Waals surface area contributed by atoms with E-state index in [2.05, 4.69) is 38.7 Å². The summed E-state index contributed by atoms with van der Waals surface area (Å²) in [6.07, 6.45) is 0. The normalized spacial score (nSPS) is 11.2. The zero-order valence-electron chi connectivity index (χ0n) is 8.83. The van der Waals surface area contributed by atoms with Crippen LogP contribution in [0.4, 0.5) is 5.82 Å². The molecule has 0 aliphatic heterocycles. The van der Waals surface area contributed by atoms with Gasteiger partial charge in [-0.3, -0.25) is 0 Å². The molecule has 0 amide bonds. The lowest BCUT2D eigenvalue weighted by Crippen LogP contribution is -2.04. The van der Waals surface area contributed by atoms with Crippen LogP contribution in [0.2, 0.25) is 0 Å². The van der Waals surface area contributed by atoms with Gasteiger partial charge in [-0.2, -0.15) is 0 Å². The molecule has 0 spiro atoms. The maximum absolute atomic E-state index is 5.65. The van der Waals surface area contributed by atoms with E-state index in [4.69, 9.17) is 5.73 Å². The molecule has 0 atom stereocenters. The molecule has 0 saturated heterocycles. The summed E-state index contributed by atoms with van der Waals surface area (Å²) in [5.41, 5.74) is 8.10. The largest absolute Gasteiger partial charge is 0.384 e. The molecule has 72 valence electrons. The third kappa shape index (κ3) is 2.20. The van der Waals surface area contributed by atoms with Gasteiger partial charge in [0.05, 0.1) is 0 Å². The number of anilines is 1. The number of hydrogen-bond donors (Lipinski definition) is 1. The molecule has 0 radical (unpaired) electrons. The van der Waals surface area contributed by atoms with Gasteiger partial charge in [0.25, 0.3) is 0 Å². The van der Waals surface area contributed by atoms with E-state index in [0.29, 0.717) is 17.7 Å². The molecule has 0 aliphatic rings. The average Bonchev–Trinajstić information content (AvgIpc) is 2.03. The molecule has 2 N–H and O–H groups in total. The maximum Gasteiger partial charge on any atom is 0.123 e. The highest BCUT2D eigenvalue weighted by Gasteiger charge is 2.11. The van der Waals surface area contributed by atoms with Gasteiger partial charge in [0, 0.05) is 5.69 Å². The van der Waals surface area contributed by atoms with Crippen molar-refractivity contribution in [2.45, 2.75) is 39.5 Å². The Morgan fingerprint density at radius 1 is 1.08 bits per heavy atom. The summed E-state index contributed by atoms with van der Waals surface area (Å²) in [4.78, 5) is 4.37. The Balaban J connectivity index is 3.19. The smallest absolute Gasteiger partial charge is 0.123 e. The Bertz CT molecular complexity index is 290. The fraction of sp³-hybridized carbons (Fsp3) is 0.545. The van der Waals surface area contributed by atoms with Crippen LogP contribution in [-0.2, 0) is 0 Å². The van der Waals surface area contributed by atoms with Crippen LogP contribution in [0.15, 0.2) is 12.1 Å². The van der Waals surface area contributed by atoms with Crippen LogP contribution in [0, 0.1) is 0 Å². The monoisotopic (exact) mass is 178 g/mol. The minimum Gasteiger partial charge on any atom is -0.384 e. The average molecular weight is 178 g/mol. The number of nitrogens with two attached hydrogens (primary N) is 1. The molecule has 0 fully saturated rings. The second kappa shape index (κ2) is 3.77. The highest BCUT2D eigenvalue weighted by atomic mass is 14.8. The zero-order chi connectivity index (χ0) is 10.0. The van der Waals surface area contributed by atoms with E-state index in [1.165, 1.54) is 5.56 Å². The molecule has 1 rings (SSSR count). The predicted molar refractivity (Wildman–Crippen MR) is 56.8 cm³/mol. The zero-order valence-corrected chi connectivity index (χ0v) is 8.83. The van der Waals surface area contributed by atoms with Gasteiger partial charge in [-0.1, -0.05) is 33.8 Å². The Kier molecular flexibility index (Phi) is 2.91. The molecule has 0 saturated carbocycles. The lowest BCUT2D eigenvalue weighted by atomic mass is 9.95. The molecule has 0 unspecified atom stereocenters. The van der Waals surface area contributed by atoms with Crippen molar-refractivity contribution in [1.82, 2.24) is 4.98 Å². The highest BCUT2D eigenvalue weighted by Crippen LogP contribution is 2.24. The molecule has 1 aromatic heterocycles. The van der Waals surface area contributed by atoms with Gasteiger partial charge in [-0.25, -0.2) is 4.98 Å². The number of pyridine rings is 1. The molecule has 0 bridgehead atoms. The summed E-state index contributed by atoms with van der Waals surface area (Å²) in [5, 5.41) is 0. The van der Waals surface area contributed by atoms with E-state index in [1.54, 1.807) is 0 Å². The van der Waals surface area contributed by atoms with E-state index < -0.39 is 0 Å². The fourth-order valence-electron chi connectivity index (χ4n) is 1.45. The van der Waals surface area contributed by atoms with Crippen LogP contribution in [0.5, 0.6) is 0 Å². The van der Waals surface area contributed by atoms with E-state index >= 15 is 0 Å². The highest BCUT2D eigenvalue weighted by molar-refractivity contribution is 5.36. The molecular weight excluding hydrogens is 160 g/mol. The molecule has 1 heterocycles. The topological polar surface area (TPSA) is 38.9 Å². The van der Waals surface area contributed by atoms with Gasteiger partial charge < -0.3 is 5.73 Å². The predicted octanol–water partition coefficient (Wildman–Crippen LogP) is 2.91. The Morgan fingerprint density at radius 2 is 1.69 bits per heavy atom. The first-order chi connectivity index (χ1) is 6.02. The van der Waals surface area contributed by atoms with Crippen molar-refractivity contribution in [2.75, 3.05) is 5.73 Å². The number of nitrogens with zero attached hydrogens (tertiary/aromatic N) is 1. The minimum atomic E-state index is 0.445. The summed E-state index contributed by atoms with van der Waals surface area (Å²) in [5.74, 6) is 1.58. The van der Waals surface area contributed by atoms with Gasteiger partial charge in [0.15, 0.2) is 0 Å². The van der Waals surface area contributed by atoms with Crippen LogP contribution in [0.1, 0.15) is 50.8 Å². The summed E-state index contributed by atoms with van der Waals surface area (Å²) in [6, 6.07) is 3.96. The first kappa shape index (κ1) is 10.0. The SMILES string of the molecule is CC(C)c1ccc(N)nc1C(C)C. The van der Waals surface area contributed by atoms with E-state index in [1.807, 2.05) is 6.07 Å². The van der Waals surface area contributed by atoms with Gasteiger partial charge in [-0.05, 0) is 23.5 Å². The molecular formula is C11H18N2. The first-order valence-corrected chi connectivity index (χ1v) is 4.78. The van der Waals surface area contributed by atoms with E-state index in [0.717, 1.165) is 5.69 Å². The Labute approximate surface area is 80.2 Å². The second-order valence-electron chi connectivity index (χ2n) is 4.02. The molecule has 1 aromatic rings. The van der Waals surface area contributed by atoms with Crippen molar-refractivity contribution >= 4 is 5.82 Å². The second-order valence-corrected chi connectivity index (χ2v) is 4.02. The van der Waals surface area contributed by atoms with Crippen LogP contribution < -0.4 is 5.73 Å². The van der Waals surface area contributed by atoms with Gasteiger partial charge in [0.2, 0.25) is 0 Å². The van der Waals surface area contributed by atoms with Crippen molar-refractivity contribution in [3.63, 3.8) is 0 Å². The molecule has 0 aromatic carbocycles. The van der Waals surface area contributed by atoms with Crippen molar-refractivity contribution in [3.8, 4) is 0 Å². The van der Waals surface area contributed by atoms with Crippen molar-refractivity contribution in [2.24, 2.45) is 0 Å². The standard InChI is InChI=1S/C11H18N2/c1-7(2)9-5-6-10(12)13-11(9)8(3)4/h5-8H,1-4H3,(H2,12,13). The number of aromatic nitrogens is 1. The number of nitrogen functional groups attached to an aromatic ring is 1. The van der Waals surface area contributed by atoms with Crippen molar-refractivity contribution < 1.29 is 0 Å². The third-order valence-electron chi connectivity index (χ3n) is 2.15. The fourth-order valence-corrected chi connectivity index (χ4v) is 1.45. The quantitative estimate of drug-likeness (QED) is 0.756. The Morgan fingerprint density at radius 3 is 2.15 bits per heavy atom. The minimum absolute atomic E-state index is 0.445. The van der Waals surface area contributed by atoms with Crippen LogP contribution in [-0.4, -0.2) is 4.98 Å². The Hall–Kier alpha value is -1.05. The van der Waals surface area contributed by atoms with Crippen LogP contribution in [0.3, 0.4) is 0 Å². The van der Waals surface area contributed by atoms with Crippen molar-refractivity contribution in [3.05, 3.63) is 23.4 Å². The summed E-state index contributed by atoms with van der Waals surface area (Å²) >= 11 is 0. The molecule has 13 heavy (non-hydrogen) atoms. The van der Waals surface area contributed by atoms with Crippen molar-refractivity contribution in [1.29, 1.82) is 0 Å². The third-order valence-corrected chi connectivity index (χ3v) is 2.15. The van der Waals surface area contributed by atoms with E-state index in [9.17, 15) is 0 Å². The molecule has 2 nitrogen and oxygen atoms in total. The number of hydrogen-bond acceptors (Lipinski definition) is 2. The number of rotatable bonds is 2.